The Morgan fingerprint density at radius 3 is 1.64 bits per heavy atom. The van der Waals surface area contributed by atoms with Gasteiger partial charge >= 0.3 is 0 Å². The Labute approximate surface area is 493 Å². The predicted octanol–water partition coefficient (Wildman–Crippen LogP) is -4.28. The Morgan fingerprint density at radius 1 is 0.447 bits per heavy atom. The minimum Gasteiger partial charge on any atom is -0.396 e. The van der Waals surface area contributed by atoms with Crippen LogP contribution in [0.2, 0.25) is 0 Å². The fraction of sp³-hybridized carbons (Fsp3) is 1.00. The van der Waals surface area contributed by atoms with E-state index < -0.39 is 192 Å². The average molecular weight is 1230 g/mol. The van der Waals surface area contributed by atoms with Crippen LogP contribution in [0.15, 0.2) is 0 Å². The van der Waals surface area contributed by atoms with Crippen molar-refractivity contribution in [3.8, 4) is 0 Å². The summed E-state index contributed by atoms with van der Waals surface area (Å²) in [5.41, 5.74) is -2.41. The van der Waals surface area contributed by atoms with Crippen LogP contribution in [0, 0.1) is 50.2 Å². The predicted molar refractivity (Wildman–Crippen MR) is 284 cm³/mol. The Balaban J connectivity index is 0.863. The van der Waals surface area contributed by atoms with Gasteiger partial charge in [0.2, 0.25) is 0 Å². The Hall–Kier alpha value is -1.08. The molecule has 6 aliphatic heterocycles. The summed E-state index contributed by atoms with van der Waals surface area (Å²) in [5, 5.41) is 176. The van der Waals surface area contributed by atoms with Gasteiger partial charge < -0.3 is 134 Å². The summed E-state index contributed by atoms with van der Waals surface area (Å²) in [4.78, 5) is 0. The van der Waals surface area contributed by atoms with Gasteiger partial charge in [-0.05, 0) is 98.2 Å². The molecule has 0 aromatic carbocycles. The summed E-state index contributed by atoms with van der Waals surface area (Å²) in [7, 11) is 0. The molecule has 11 rings (SSSR count). The van der Waals surface area contributed by atoms with Gasteiger partial charge in [0.1, 0.15) is 110 Å². The van der Waals surface area contributed by atoms with Gasteiger partial charge in [0.25, 0.3) is 0 Å². The van der Waals surface area contributed by atoms with Crippen molar-refractivity contribution in [2.24, 2.45) is 50.2 Å². The smallest absolute Gasteiger partial charge is 0.187 e. The second-order valence-corrected chi connectivity index (χ2v) is 28.8. The van der Waals surface area contributed by atoms with E-state index in [-0.39, 0.29) is 57.0 Å². The van der Waals surface area contributed by atoms with Crippen molar-refractivity contribution in [2.45, 2.75) is 265 Å². The lowest BCUT2D eigenvalue weighted by molar-refractivity contribution is -0.402. The van der Waals surface area contributed by atoms with Crippen molar-refractivity contribution in [3.05, 3.63) is 0 Å². The summed E-state index contributed by atoms with van der Waals surface area (Å²) in [5.74, 6) is 0.287. The second-order valence-electron chi connectivity index (χ2n) is 28.8. The molecule has 0 aromatic heterocycles. The molecule has 27 nitrogen and oxygen atoms in total. The molecule has 490 valence electrons. The largest absolute Gasteiger partial charge is 0.396 e. The maximum Gasteiger partial charge on any atom is 0.187 e. The van der Waals surface area contributed by atoms with E-state index in [0.29, 0.717) is 32.3 Å². The number of hydrogen-bond donors (Lipinski definition) is 16. The minimum atomic E-state index is -2.06. The number of ether oxygens (including phenoxy) is 11. The van der Waals surface area contributed by atoms with Gasteiger partial charge in [-0.15, -0.1) is 0 Å². The first kappa shape index (κ1) is 65.4. The third kappa shape index (κ3) is 10.3. The number of aliphatic hydroxyl groups is 16. The third-order valence-electron chi connectivity index (χ3n) is 24.1. The van der Waals surface area contributed by atoms with Gasteiger partial charge in [-0.3, -0.25) is 0 Å². The van der Waals surface area contributed by atoms with E-state index in [0.717, 1.165) is 38.5 Å². The number of aliphatic hydroxyl groups excluding tert-OH is 16. The van der Waals surface area contributed by atoms with Gasteiger partial charge in [0.15, 0.2) is 31.5 Å². The summed E-state index contributed by atoms with van der Waals surface area (Å²) in [6.07, 6.45) is -34.6. The van der Waals surface area contributed by atoms with E-state index in [1.807, 2.05) is 6.92 Å². The Morgan fingerprint density at radius 2 is 1.01 bits per heavy atom. The van der Waals surface area contributed by atoms with E-state index in [4.69, 9.17) is 52.1 Å². The fourth-order valence-corrected chi connectivity index (χ4v) is 18.9. The highest BCUT2D eigenvalue weighted by Crippen LogP contribution is 2.80. The molecule has 5 aliphatic carbocycles. The normalized spacial score (nSPS) is 57.7. The molecule has 27 heteroatoms. The molecule has 85 heavy (non-hydrogen) atoms. The van der Waals surface area contributed by atoms with Crippen LogP contribution in [-0.4, -0.2) is 287 Å². The zero-order chi connectivity index (χ0) is 61.5. The lowest BCUT2D eigenvalue weighted by Crippen LogP contribution is -2.74. The molecule has 34 unspecified atom stereocenters. The molecule has 2 bridgehead atoms. The van der Waals surface area contributed by atoms with E-state index in [1.165, 1.54) is 0 Å². The molecule has 6 saturated heterocycles. The van der Waals surface area contributed by atoms with Crippen LogP contribution in [0.3, 0.4) is 0 Å². The van der Waals surface area contributed by atoms with Crippen LogP contribution in [0.4, 0.5) is 0 Å². The summed E-state index contributed by atoms with van der Waals surface area (Å²) in [6, 6.07) is 0. The van der Waals surface area contributed by atoms with Crippen molar-refractivity contribution >= 4 is 0 Å². The van der Waals surface area contributed by atoms with Gasteiger partial charge in [0.05, 0.1) is 64.1 Å². The van der Waals surface area contributed by atoms with Crippen molar-refractivity contribution in [1.29, 1.82) is 0 Å². The second kappa shape index (κ2) is 23.8. The molecule has 0 aromatic rings. The summed E-state index contributed by atoms with van der Waals surface area (Å²) < 4.78 is 68.2. The first-order valence-electron chi connectivity index (χ1n) is 30.7. The quantitative estimate of drug-likeness (QED) is 0.0732. The first-order valence-corrected chi connectivity index (χ1v) is 30.7. The van der Waals surface area contributed by atoms with E-state index in [1.54, 1.807) is 0 Å². The molecule has 16 N–H and O–H groups in total. The summed E-state index contributed by atoms with van der Waals surface area (Å²) >= 11 is 0. The molecule has 11 aliphatic rings. The monoisotopic (exact) mass is 1220 g/mol. The number of fused-ring (bicyclic) bond motifs is 4. The van der Waals surface area contributed by atoms with Crippen LogP contribution >= 0.6 is 0 Å². The molecule has 5 saturated carbocycles. The summed E-state index contributed by atoms with van der Waals surface area (Å²) in [6.45, 7) is 10.3. The van der Waals surface area contributed by atoms with Crippen LogP contribution in [0.5, 0.6) is 0 Å². The minimum absolute atomic E-state index is 0.115. The molecule has 6 heterocycles. The van der Waals surface area contributed by atoms with Crippen LogP contribution < -0.4 is 0 Å². The highest BCUT2D eigenvalue weighted by molar-refractivity contribution is 5.28. The van der Waals surface area contributed by atoms with Crippen molar-refractivity contribution in [2.75, 3.05) is 46.2 Å². The zero-order valence-corrected chi connectivity index (χ0v) is 49.3. The molecule has 1 spiro atoms. The van der Waals surface area contributed by atoms with Crippen molar-refractivity contribution < 1.29 is 134 Å². The topological polar surface area (TPSA) is 425 Å². The Bertz CT molecular complexity index is 2310. The molecular weight excluding hydrogens is 1130 g/mol. The van der Waals surface area contributed by atoms with Crippen molar-refractivity contribution in [1.82, 2.24) is 0 Å². The Kier molecular flexibility index (Phi) is 18.3. The third-order valence-corrected chi connectivity index (χ3v) is 24.1. The van der Waals surface area contributed by atoms with E-state index in [2.05, 4.69) is 34.6 Å². The van der Waals surface area contributed by atoms with Gasteiger partial charge in [-0.2, -0.15) is 0 Å². The number of hydrogen-bond acceptors (Lipinski definition) is 27. The SMILES string of the molecule is CC1(C)CCC23COC4(CCC5C6(C)CCC(OC7OCC(OC8OC(CO)C(OC9OC(CO)C(O)C(O)C9O)C(O)C8OC8OCC(O)C(O)C8O)C(O)C7OC7OC(CO)C(O)C(O)C7O)C(C)(CO)C6CCC5(C)C4(C)CC2O)C3C1. The highest BCUT2D eigenvalue weighted by Gasteiger charge is 2.80. The van der Waals surface area contributed by atoms with Crippen LogP contribution in [0.1, 0.15) is 106 Å². The molecule has 34 atom stereocenters. The fourth-order valence-electron chi connectivity index (χ4n) is 18.9. The zero-order valence-electron chi connectivity index (χ0n) is 49.3. The molecule has 11 fully saturated rings. The van der Waals surface area contributed by atoms with Crippen LogP contribution in [-0.2, 0) is 52.1 Å². The lowest BCUT2D eigenvalue weighted by atomic mass is 9.30. The van der Waals surface area contributed by atoms with Crippen molar-refractivity contribution in [3.63, 3.8) is 0 Å². The van der Waals surface area contributed by atoms with Gasteiger partial charge in [-0.25, -0.2) is 0 Å². The van der Waals surface area contributed by atoms with Gasteiger partial charge in [0, 0.05) is 16.2 Å². The van der Waals surface area contributed by atoms with E-state index >= 15 is 0 Å². The lowest BCUT2D eigenvalue weighted by Gasteiger charge is -2.75. The number of rotatable bonds is 14. The highest BCUT2D eigenvalue weighted by atomic mass is 16.8. The van der Waals surface area contributed by atoms with E-state index in [9.17, 15) is 81.7 Å². The molecule has 0 radical (unpaired) electrons. The first-order chi connectivity index (χ1) is 40.0. The maximum absolute atomic E-state index is 12.6. The van der Waals surface area contributed by atoms with Gasteiger partial charge in [-0.1, -0.05) is 41.5 Å². The van der Waals surface area contributed by atoms with Crippen LogP contribution in [0.25, 0.3) is 0 Å². The average Bonchev–Trinajstić information content (AvgIpc) is 1.63. The standard InChI is InChI=1S/C58H96O27/c1-52(2)13-14-57-23-77-58(31(57)15-52)12-8-30-53(3)10-9-33(54(4,22-62)29(53)7-11-55(30,5)56(58,6)16-32(57)64)82-50-45(85-49-42(73)39(70)36(67)26(18-60)79-49)37(68)28(21-76-50)81-51-46(84-47-40(71)34(65)24(63)20-75-47)43(74)44(27(19-61)80-51)83-48-41(72)38(69)35(66)25(17-59)78-48/h24-51,59-74H,7-23H2,1-6H3. The maximum atomic E-state index is 12.6. The molecular formula is C58H96O27. The molecule has 0 amide bonds.